The minimum atomic E-state index is 0. The molecule has 174 valence electrons. The number of allylic oxidation sites excluding steroid dienone is 8. The molecular formula is C32H40Hf-2. The molecule has 0 radical (unpaired) electrons. The third kappa shape index (κ3) is 7.64. The molecular weight excluding hydrogens is 563 g/mol. The maximum Gasteiger partial charge on any atom is 0 e. The summed E-state index contributed by atoms with van der Waals surface area (Å²) in [5, 5.41) is 0. The van der Waals surface area contributed by atoms with E-state index in [1.165, 1.54) is 44.6 Å². The van der Waals surface area contributed by atoms with E-state index in [9.17, 15) is 0 Å². The maximum atomic E-state index is 3.44. The molecule has 0 heterocycles. The number of rotatable bonds is 1. The smallest absolute Gasteiger partial charge is 0 e. The van der Waals surface area contributed by atoms with Crippen molar-refractivity contribution in [3.05, 3.63) is 106 Å². The van der Waals surface area contributed by atoms with Crippen LogP contribution in [0.25, 0.3) is 11.1 Å². The summed E-state index contributed by atoms with van der Waals surface area (Å²) in [4.78, 5) is 0. The van der Waals surface area contributed by atoms with Crippen LogP contribution in [0.2, 0.25) is 0 Å². The van der Waals surface area contributed by atoms with Crippen LogP contribution in [-0.2, 0) is 25.8 Å². The molecule has 2 aliphatic carbocycles. The molecule has 2 aromatic rings. The molecule has 0 aromatic heterocycles. The average molecular weight is 603 g/mol. The van der Waals surface area contributed by atoms with Crippen LogP contribution in [0.5, 0.6) is 0 Å². The minimum Gasteiger partial charge on any atom is -0.263 e. The molecule has 0 N–H and O–H groups in total. The zero-order chi connectivity index (χ0) is 24.1. The van der Waals surface area contributed by atoms with E-state index in [1.807, 2.05) is 12.1 Å². The summed E-state index contributed by atoms with van der Waals surface area (Å²) >= 11 is 0. The van der Waals surface area contributed by atoms with Gasteiger partial charge >= 0.3 is 0 Å². The van der Waals surface area contributed by atoms with Crippen molar-refractivity contribution >= 4 is 0 Å². The Kier molecular flexibility index (Phi) is 10.8. The van der Waals surface area contributed by atoms with Crippen LogP contribution in [0.1, 0.15) is 69.2 Å². The summed E-state index contributed by atoms with van der Waals surface area (Å²) in [6.45, 7) is 21.8. The Balaban J connectivity index is 0.000000246. The van der Waals surface area contributed by atoms with E-state index in [1.54, 1.807) is 0 Å². The second kappa shape index (κ2) is 12.1. The van der Waals surface area contributed by atoms with Crippen LogP contribution >= 0.6 is 0 Å². The van der Waals surface area contributed by atoms with Crippen molar-refractivity contribution in [2.75, 3.05) is 0 Å². The molecule has 33 heavy (non-hydrogen) atoms. The summed E-state index contributed by atoms with van der Waals surface area (Å²) in [7, 11) is 0. The third-order valence-electron chi connectivity index (χ3n) is 7.01. The van der Waals surface area contributed by atoms with Crippen molar-refractivity contribution in [2.45, 2.75) is 69.2 Å². The van der Waals surface area contributed by atoms with Gasteiger partial charge in [-0.15, -0.1) is 13.8 Å². The fraction of sp³-hybridized carbons (Fsp3) is 0.375. The predicted octanol–water partition coefficient (Wildman–Crippen LogP) is 9.58. The maximum absolute atomic E-state index is 3.44. The third-order valence-corrected chi connectivity index (χ3v) is 7.01. The van der Waals surface area contributed by atoms with Crippen LogP contribution in [-0.4, -0.2) is 0 Å². The topological polar surface area (TPSA) is 0 Å². The Labute approximate surface area is 222 Å². The molecule has 0 nitrogen and oxygen atoms in total. The molecule has 0 fully saturated rings. The first-order chi connectivity index (χ1) is 14.9. The minimum absolute atomic E-state index is 0. The van der Waals surface area contributed by atoms with Gasteiger partial charge in [-0.1, -0.05) is 127 Å². The number of hydrogen-bond donors (Lipinski definition) is 0. The number of benzene rings is 2. The summed E-state index contributed by atoms with van der Waals surface area (Å²) in [6, 6.07) is 20.8. The Bertz CT molecular complexity index is 955. The van der Waals surface area contributed by atoms with E-state index < -0.39 is 0 Å². The first kappa shape index (κ1) is 29.3. The molecule has 1 heteroatoms. The van der Waals surface area contributed by atoms with E-state index in [-0.39, 0.29) is 36.7 Å². The van der Waals surface area contributed by atoms with Gasteiger partial charge in [0.15, 0.2) is 0 Å². The summed E-state index contributed by atoms with van der Waals surface area (Å²) < 4.78 is 0. The summed E-state index contributed by atoms with van der Waals surface area (Å²) in [5.74, 6) is 0. The van der Waals surface area contributed by atoms with Gasteiger partial charge in [0, 0.05) is 25.8 Å². The Hall–Kier alpha value is -1.73. The summed E-state index contributed by atoms with van der Waals surface area (Å²) in [6.07, 6.45) is 6.87. The molecule has 0 saturated carbocycles. The molecule has 2 aromatic carbocycles. The molecule has 0 unspecified atom stereocenters. The standard InChI is InChI=1S/C12H10.2C10H15.Hf/c1-3-7-11(8-4-1)12-9-5-2-6-10-12;2*1-7-6-10(4,5)9(3)8(7)2;/h1-10H;2*1-5H3;/q;2*-1;. The van der Waals surface area contributed by atoms with Crippen LogP contribution in [0.3, 0.4) is 0 Å². The Morgan fingerprint density at radius 2 is 0.758 bits per heavy atom. The van der Waals surface area contributed by atoms with E-state index >= 15 is 0 Å². The van der Waals surface area contributed by atoms with Crippen LogP contribution < -0.4 is 0 Å². The van der Waals surface area contributed by atoms with Gasteiger partial charge in [0.05, 0.1) is 0 Å². The molecule has 4 rings (SSSR count). The van der Waals surface area contributed by atoms with E-state index in [4.69, 9.17) is 0 Å². The normalized spacial score (nSPS) is 17.8. The molecule has 0 amide bonds. The molecule has 2 aliphatic rings. The van der Waals surface area contributed by atoms with Crippen molar-refractivity contribution in [2.24, 2.45) is 10.8 Å². The molecule has 0 bridgehead atoms. The number of hydrogen-bond acceptors (Lipinski definition) is 0. The second-order valence-corrected chi connectivity index (χ2v) is 9.98. The van der Waals surface area contributed by atoms with E-state index in [0.717, 1.165) is 0 Å². The fourth-order valence-electron chi connectivity index (χ4n) is 4.07. The van der Waals surface area contributed by atoms with Crippen LogP contribution in [0.15, 0.2) is 94.1 Å². The van der Waals surface area contributed by atoms with Gasteiger partial charge in [0.1, 0.15) is 0 Å². The monoisotopic (exact) mass is 604 g/mol. The first-order valence-corrected chi connectivity index (χ1v) is 11.6. The zero-order valence-corrected chi connectivity index (χ0v) is 25.9. The largest absolute Gasteiger partial charge is 0.263 e. The van der Waals surface area contributed by atoms with Gasteiger partial charge in [-0.3, -0.25) is 12.2 Å². The first-order valence-electron chi connectivity index (χ1n) is 11.6. The predicted molar refractivity (Wildman–Crippen MR) is 141 cm³/mol. The van der Waals surface area contributed by atoms with Crippen molar-refractivity contribution in [1.29, 1.82) is 0 Å². The van der Waals surface area contributed by atoms with Gasteiger partial charge < -0.3 is 0 Å². The SMILES string of the molecule is CC1=[C-]C(C)(C)C(C)=C1C.CC1=[C-]C(C)(C)C(C)=C1C.[Hf].c1ccc(-c2ccccc2)cc1. The molecule has 0 spiro atoms. The van der Waals surface area contributed by atoms with Crippen molar-refractivity contribution in [3.63, 3.8) is 0 Å². The Morgan fingerprint density at radius 1 is 0.485 bits per heavy atom. The van der Waals surface area contributed by atoms with Gasteiger partial charge in [0.25, 0.3) is 0 Å². The zero-order valence-electron chi connectivity index (χ0n) is 22.3. The van der Waals surface area contributed by atoms with Gasteiger partial charge in [-0.05, 0) is 11.1 Å². The average Bonchev–Trinajstić information content (AvgIpc) is 3.06. The summed E-state index contributed by atoms with van der Waals surface area (Å²) in [5.41, 5.74) is 11.3. The molecule has 0 atom stereocenters. The van der Waals surface area contributed by atoms with E-state index in [2.05, 4.69) is 130 Å². The van der Waals surface area contributed by atoms with Crippen LogP contribution in [0.4, 0.5) is 0 Å². The quantitative estimate of drug-likeness (QED) is 0.225. The van der Waals surface area contributed by atoms with Crippen molar-refractivity contribution < 1.29 is 25.8 Å². The van der Waals surface area contributed by atoms with Crippen molar-refractivity contribution in [1.82, 2.24) is 0 Å². The van der Waals surface area contributed by atoms with Gasteiger partial charge in [0.2, 0.25) is 0 Å². The Morgan fingerprint density at radius 3 is 0.909 bits per heavy atom. The molecule has 0 saturated heterocycles. The van der Waals surface area contributed by atoms with Crippen LogP contribution in [0, 0.1) is 23.0 Å². The second-order valence-electron chi connectivity index (χ2n) is 9.98. The van der Waals surface area contributed by atoms with Gasteiger partial charge in [-0.25, -0.2) is 11.1 Å². The fourth-order valence-corrected chi connectivity index (χ4v) is 4.07. The van der Waals surface area contributed by atoms with Gasteiger partial charge in [-0.2, -0.15) is 22.3 Å². The van der Waals surface area contributed by atoms with E-state index in [0.29, 0.717) is 0 Å². The molecule has 0 aliphatic heterocycles. The van der Waals surface area contributed by atoms with Crippen molar-refractivity contribution in [3.8, 4) is 11.1 Å².